The fourth-order valence-corrected chi connectivity index (χ4v) is 0.991. The first kappa shape index (κ1) is 30.8. The van der Waals surface area contributed by atoms with Gasteiger partial charge in [0, 0.05) is 14.2 Å². The summed E-state index contributed by atoms with van der Waals surface area (Å²) in [6.45, 7) is 19.6. The SMILES string of the molecule is CC.CC.CCC(C)COc1ccc(C)cc1.CCCC.COC. The van der Waals surface area contributed by atoms with Crippen molar-refractivity contribution >= 4 is 0 Å². The number of aryl methyl sites for hydroxylation is 1. The van der Waals surface area contributed by atoms with Gasteiger partial charge in [-0.05, 0) is 25.0 Å². The highest BCUT2D eigenvalue weighted by Gasteiger charge is 1.99. The summed E-state index contributed by atoms with van der Waals surface area (Å²) >= 11 is 0. The minimum absolute atomic E-state index is 0.640. The number of ether oxygens (including phenoxy) is 2. The summed E-state index contributed by atoms with van der Waals surface area (Å²) in [6.07, 6.45) is 3.81. The minimum Gasteiger partial charge on any atom is -0.493 e. The quantitative estimate of drug-likeness (QED) is 0.550. The zero-order valence-electron chi connectivity index (χ0n) is 18.5. The molecule has 0 saturated heterocycles. The summed E-state index contributed by atoms with van der Waals surface area (Å²) in [6, 6.07) is 8.20. The molecule has 0 heterocycles. The lowest BCUT2D eigenvalue weighted by molar-refractivity contribution is 0.256. The average Bonchev–Trinajstić information content (AvgIpc) is 2.65. The molecule has 146 valence electrons. The van der Waals surface area contributed by atoms with Gasteiger partial charge in [-0.15, -0.1) is 0 Å². The van der Waals surface area contributed by atoms with E-state index >= 15 is 0 Å². The molecule has 0 spiro atoms. The van der Waals surface area contributed by atoms with E-state index in [4.69, 9.17) is 4.74 Å². The molecule has 0 radical (unpaired) electrons. The Bertz CT molecular complexity index is 279. The third kappa shape index (κ3) is 29.0. The van der Waals surface area contributed by atoms with Gasteiger partial charge in [-0.25, -0.2) is 0 Å². The minimum atomic E-state index is 0.640. The van der Waals surface area contributed by atoms with Crippen LogP contribution in [-0.4, -0.2) is 20.8 Å². The molecule has 0 N–H and O–H groups in total. The summed E-state index contributed by atoms with van der Waals surface area (Å²) in [5.41, 5.74) is 1.27. The maximum absolute atomic E-state index is 5.61. The molecule has 0 aliphatic rings. The van der Waals surface area contributed by atoms with E-state index in [0.29, 0.717) is 5.92 Å². The summed E-state index contributed by atoms with van der Waals surface area (Å²) in [5.74, 6) is 1.62. The number of hydrogen-bond acceptors (Lipinski definition) is 2. The molecule has 1 rings (SSSR count). The molecule has 0 aliphatic heterocycles. The lowest BCUT2D eigenvalue weighted by atomic mass is 10.1. The van der Waals surface area contributed by atoms with Crippen LogP contribution in [-0.2, 0) is 4.74 Å². The monoisotopic (exact) mass is 342 g/mol. The first-order valence-corrected chi connectivity index (χ1v) is 9.65. The molecule has 1 aromatic rings. The van der Waals surface area contributed by atoms with Crippen LogP contribution in [0.3, 0.4) is 0 Å². The van der Waals surface area contributed by atoms with Crippen LogP contribution in [0.2, 0.25) is 0 Å². The van der Waals surface area contributed by atoms with E-state index in [1.807, 2.05) is 39.8 Å². The molecular formula is C22H46O2. The van der Waals surface area contributed by atoms with Crippen LogP contribution in [0.4, 0.5) is 0 Å². The van der Waals surface area contributed by atoms with E-state index in [-0.39, 0.29) is 0 Å². The molecular weight excluding hydrogens is 296 g/mol. The Morgan fingerprint density at radius 2 is 1.21 bits per heavy atom. The number of hydrogen-bond donors (Lipinski definition) is 0. The zero-order valence-corrected chi connectivity index (χ0v) is 18.5. The van der Waals surface area contributed by atoms with E-state index in [9.17, 15) is 0 Å². The van der Waals surface area contributed by atoms with E-state index in [1.54, 1.807) is 14.2 Å². The summed E-state index contributed by atoms with van der Waals surface area (Å²) < 4.78 is 9.86. The Hall–Kier alpha value is -1.02. The predicted octanol–water partition coefficient (Wildman–Crippen LogP) is 7.54. The summed E-state index contributed by atoms with van der Waals surface area (Å²) in [4.78, 5) is 0. The maximum Gasteiger partial charge on any atom is 0.119 e. The van der Waals surface area contributed by atoms with Gasteiger partial charge in [0.2, 0.25) is 0 Å². The molecule has 1 aromatic carbocycles. The first-order chi connectivity index (χ1) is 11.5. The fraction of sp³-hybridized carbons (Fsp3) is 0.727. The summed E-state index contributed by atoms with van der Waals surface area (Å²) in [7, 11) is 3.25. The molecule has 0 aliphatic carbocycles. The fourth-order valence-electron chi connectivity index (χ4n) is 0.991. The van der Waals surface area contributed by atoms with E-state index < -0.39 is 0 Å². The van der Waals surface area contributed by atoms with Crippen molar-refractivity contribution in [3.63, 3.8) is 0 Å². The van der Waals surface area contributed by atoms with Gasteiger partial charge in [0.15, 0.2) is 0 Å². The van der Waals surface area contributed by atoms with Gasteiger partial charge in [-0.2, -0.15) is 0 Å². The molecule has 1 atom stereocenters. The van der Waals surface area contributed by atoms with Crippen LogP contribution < -0.4 is 4.74 Å². The standard InChI is InChI=1S/C12H18O.C4H10.C2H6O.2C2H6/c1-4-10(2)9-13-12-7-5-11(3)6-8-12;1-3-4-2;1-3-2;2*1-2/h5-8,10H,4,9H2,1-3H3;3-4H2,1-2H3;1-2H3;2*1-2H3. The lowest BCUT2D eigenvalue weighted by Gasteiger charge is -2.10. The summed E-state index contributed by atoms with van der Waals surface area (Å²) in [5, 5.41) is 0. The Kier molecular flexibility index (Phi) is 38.4. The van der Waals surface area contributed by atoms with Gasteiger partial charge in [-0.1, -0.05) is 92.3 Å². The Balaban J connectivity index is -0.000000152. The topological polar surface area (TPSA) is 18.5 Å². The van der Waals surface area contributed by atoms with Crippen molar-refractivity contribution in [2.24, 2.45) is 5.92 Å². The van der Waals surface area contributed by atoms with Crippen molar-refractivity contribution < 1.29 is 9.47 Å². The number of rotatable bonds is 5. The van der Waals surface area contributed by atoms with E-state index in [2.05, 4.69) is 51.5 Å². The van der Waals surface area contributed by atoms with Crippen LogP contribution in [0, 0.1) is 12.8 Å². The van der Waals surface area contributed by atoms with Crippen molar-refractivity contribution in [3.8, 4) is 5.75 Å². The number of methoxy groups -OCH3 is 1. The van der Waals surface area contributed by atoms with E-state index in [1.165, 1.54) is 24.8 Å². The third-order valence-electron chi connectivity index (χ3n) is 2.75. The normalized spacial score (nSPS) is 9.29. The number of unbranched alkanes of at least 4 members (excludes halogenated alkanes) is 1. The van der Waals surface area contributed by atoms with Gasteiger partial charge < -0.3 is 9.47 Å². The molecule has 1 unspecified atom stereocenters. The van der Waals surface area contributed by atoms with Gasteiger partial charge >= 0.3 is 0 Å². The molecule has 0 aromatic heterocycles. The van der Waals surface area contributed by atoms with Crippen LogP contribution in [0.1, 0.15) is 80.2 Å². The highest BCUT2D eigenvalue weighted by atomic mass is 16.5. The Morgan fingerprint density at radius 3 is 1.50 bits per heavy atom. The van der Waals surface area contributed by atoms with Gasteiger partial charge in [0.1, 0.15) is 5.75 Å². The predicted molar refractivity (Wildman–Crippen MR) is 112 cm³/mol. The second kappa shape index (κ2) is 29.9. The lowest BCUT2D eigenvalue weighted by Crippen LogP contribution is -2.06. The molecule has 2 heteroatoms. The molecule has 2 nitrogen and oxygen atoms in total. The maximum atomic E-state index is 5.61. The average molecular weight is 343 g/mol. The van der Waals surface area contributed by atoms with Crippen LogP contribution in [0.5, 0.6) is 5.75 Å². The van der Waals surface area contributed by atoms with Crippen molar-refractivity contribution in [1.82, 2.24) is 0 Å². The van der Waals surface area contributed by atoms with E-state index in [0.717, 1.165) is 12.4 Å². The van der Waals surface area contributed by atoms with Crippen LogP contribution in [0.25, 0.3) is 0 Å². The van der Waals surface area contributed by atoms with Crippen molar-refractivity contribution in [1.29, 1.82) is 0 Å². The van der Waals surface area contributed by atoms with Crippen LogP contribution >= 0.6 is 0 Å². The van der Waals surface area contributed by atoms with Crippen LogP contribution in [0.15, 0.2) is 24.3 Å². The smallest absolute Gasteiger partial charge is 0.119 e. The number of benzene rings is 1. The largest absolute Gasteiger partial charge is 0.493 e. The molecule has 0 bridgehead atoms. The highest BCUT2D eigenvalue weighted by molar-refractivity contribution is 5.26. The molecule has 0 fully saturated rings. The second-order valence-electron chi connectivity index (χ2n) is 5.05. The molecule has 24 heavy (non-hydrogen) atoms. The van der Waals surface area contributed by atoms with Gasteiger partial charge in [-0.3, -0.25) is 0 Å². The molecule has 0 saturated carbocycles. The van der Waals surface area contributed by atoms with Crippen molar-refractivity contribution in [2.45, 2.75) is 81.6 Å². The second-order valence-corrected chi connectivity index (χ2v) is 5.05. The molecule has 0 amide bonds. The zero-order chi connectivity index (χ0) is 19.8. The van der Waals surface area contributed by atoms with Gasteiger partial charge in [0.25, 0.3) is 0 Å². The Morgan fingerprint density at radius 1 is 0.833 bits per heavy atom. The first-order valence-electron chi connectivity index (χ1n) is 9.65. The van der Waals surface area contributed by atoms with Gasteiger partial charge in [0.05, 0.1) is 6.61 Å². The van der Waals surface area contributed by atoms with Crippen molar-refractivity contribution in [2.75, 3.05) is 20.8 Å². The van der Waals surface area contributed by atoms with Crippen molar-refractivity contribution in [3.05, 3.63) is 29.8 Å². The highest BCUT2D eigenvalue weighted by Crippen LogP contribution is 2.13. The Labute approximate surface area is 154 Å². The third-order valence-corrected chi connectivity index (χ3v) is 2.75.